The lowest BCUT2D eigenvalue weighted by Crippen LogP contribution is -2.04. The van der Waals surface area contributed by atoms with Crippen molar-refractivity contribution in [2.24, 2.45) is 0 Å². The average molecular weight is 257 g/mol. The van der Waals surface area contributed by atoms with Crippen LogP contribution >= 0.6 is 0 Å². The number of anilines is 1. The van der Waals surface area contributed by atoms with Gasteiger partial charge >= 0.3 is 0 Å². The van der Waals surface area contributed by atoms with E-state index >= 15 is 0 Å². The van der Waals surface area contributed by atoms with Crippen molar-refractivity contribution < 1.29 is 4.92 Å². The van der Waals surface area contributed by atoms with Crippen LogP contribution in [0.15, 0.2) is 36.4 Å². The third-order valence-corrected chi connectivity index (χ3v) is 2.98. The van der Waals surface area contributed by atoms with Crippen LogP contribution in [0.25, 0.3) is 0 Å². The van der Waals surface area contributed by atoms with Crippen LogP contribution in [0.2, 0.25) is 0 Å². The van der Waals surface area contributed by atoms with Gasteiger partial charge in [0.2, 0.25) is 0 Å². The first-order chi connectivity index (χ1) is 9.08. The van der Waals surface area contributed by atoms with E-state index in [-0.39, 0.29) is 5.69 Å². The number of hydrogen-bond acceptors (Lipinski definition) is 4. The maximum absolute atomic E-state index is 10.7. The van der Waals surface area contributed by atoms with Crippen LogP contribution in [0.1, 0.15) is 16.8 Å². The number of pyridine rings is 1. The van der Waals surface area contributed by atoms with E-state index in [0.717, 1.165) is 0 Å². The summed E-state index contributed by atoms with van der Waals surface area (Å²) in [5.41, 5.74) is 2.84. The summed E-state index contributed by atoms with van der Waals surface area (Å²) in [4.78, 5) is 14.5. The molecule has 0 aliphatic carbocycles. The fourth-order valence-corrected chi connectivity index (χ4v) is 1.84. The molecule has 0 aliphatic rings. The first-order valence-corrected chi connectivity index (χ1v) is 5.98. The largest absolute Gasteiger partial charge is 0.366 e. The summed E-state index contributed by atoms with van der Waals surface area (Å²) in [5, 5.41) is 13.9. The monoisotopic (exact) mass is 257 g/mol. The van der Waals surface area contributed by atoms with Crippen LogP contribution in [-0.2, 0) is 6.54 Å². The van der Waals surface area contributed by atoms with Crippen molar-refractivity contribution in [1.29, 1.82) is 0 Å². The van der Waals surface area contributed by atoms with Crippen molar-refractivity contribution in [3.63, 3.8) is 0 Å². The van der Waals surface area contributed by atoms with E-state index in [9.17, 15) is 10.1 Å². The molecule has 1 heterocycles. The normalized spacial score (nSPS) is 10.2. The second-order valence-electron chi connectivity index (χ2n) is 4.34. The van der Waals surface area contributed by atoms with Crippen LogP contribution in [0.4, 0.5) is 11.5 Å². The van der Waals surface area contributed by atoms with E-state index in [4.69, 9.17) is 0 Å². The van der Waals surface area contributed by atoms with Crippen LogP contribution < -0.4 is 5.32 Å². The topological polar surface area (TPSA) is 68.1 Å². The van der Waals surface area contributed by atoms with Crippen molar-refractivity contribution in [1.82, 2.24) is 4.98 Å². The van der Waals surface area contributed by atoms with Gasteiger partial charge in [-0.2, -0.15) is 0 Å². The number of nitrogens with zero attached hydrogens (tertiary/aromatic N) is 2. The molecule has 0 spiro atoms. The van der Waals surface area contributed by atoms with Gasteiger partial charge in [-0.05, 0) is 31.0 Å². The van der Waals surface area contributed by atoms with E-state index in [0.29, 0.717) is 18.1 Å². The number of aromatic nitrogens is 1. The molecule has 98 valence electrons. The van der Waals surface area contributed by atoms with Crippen molar-refractivity contribution in [3.05, 3.63) is 63.3 Å². The lowest BCUT2D eigenvalue weighted by molar-refractivity contribution is -0.385. The lowest BCUT2D eigenvalue weighted by atomic mass is 10.1. The Morgan fingerprint density at radius 1 is 1.21 bits per heavy atom. The molecule has 2 aromatic rings. The van der Waals surface area contributed by atoms with Crippen molar-refractivity contribution in [2.75, 3.05) is 5.32 Å². The van der Waals surface area contributed by atoms with Gasteiger partial charge in [0.05, 0.1) is 4.92 Å². The van der Waals surface area contributed by atoms with Crippen molar-refractivity contribution in [2.45, 2.75) is 20.4 Å². The molecule has 5 nitrogen and oxygen atoms in total. The Morgan fingerprint density at radius 3 is 2.58 bits per heavy atom. The van der Waals surface area contributed by atoms with Gasteiger partial charge in [-0.1, -0.05) is 24.3 Å². The summed E-state index contributed by atoms with van der Waals surface area (Å²) in [6.07, 6.45) is 0. The lowest BCUT2D eigenvalue weighted by Gasteiger charge is -2.08. The van der Waals surface area contributed by atoms with Gasteiger partial charge in [0.15, 0.2) is 0 Å². The maximum atomic E-state index is 10.7. The summed E-state index contributed by atoms with van der Waals surface area (Å²) in [6.45, 7) is 4.33. The van der Waals surface area contributed by atoms with Gasteiger partial charge in [0.25, 0.3) is 5.69 Å². The summed E-state index contributed by atoms with van der Waals surface area (Å²) < 4.78 is 0. The van der Waals surface area contributed by atoms with E-state index in [1.807, 2.05) is 31.2 Å². The van der Waals surface area contributed by atoms with Crippen molar-refractivity contribution in [3.8, 4) is 0 Å². The van der Waals surface area contributed by atoms with Crippen LogP contribution in [0.3, 0.4) is 0 Å². The third kappa shape index (κ3) is 3.07. The van der Waals surface area contributed by atoms with E-state index in [1.165, 1.54) is 17.2 Å². The van der Waals surface area contributed by atoms with Gasteiger partial charge < -0.3 is 5.32 Å². The summed E-state index contributed by atoms with van der Waals surface area (Å²) >= 11 is 0. The highest BCUT2D eigenvalue weighted by Gasteiger charge is 2.11. The Bertz CT molecular complexity index is 611. The van der Waals surface area contributed by atoms with Crippen LogP contribution in [-0.4, -0.2) is 9.91 Å². The number of rotatable bonds is 4. The standard InChI is InChI=1S/C14H15N3O2/c1-10-5-3-4-6-12(10)9-15-14-8-7-13(17(18)19)11(2)16-14/h3-8H,9H2,1-2H3,(H,15,16). The number of nitro groups is 1. The molecular formula is C14H15N3O2. The zero-order chi connectivity index (χ0) is 13.8. The third-order valence-electron chi connectivity index (χ3n) is 2.98. The Hall–Kier alpha value is -2.43. The molecule has 5 heteroatoms. The molecule has 1 N–H and O–H groups in total. The van der Waals surface area contributed by atoms with Gasteiger partial charge in [-0.15, -0.1) is 0 Å². The zero-order valence-electron chi connectivity index (χ0n) is 10.9. The molecule has 0 aliphatic heterocycles. The Labute approximate surface area is 111 Å². The molecule has 0 saturated heterocycles. The fourth-order valence-electron chi connectivity index (χ4n) is 1.84. The maximum Gasteiger partial charge on any atom is 0.290 e. The minimum Gasteiger partial charge on any atom is -0.366 e. The average Bonchev–Trinajstić information content (AvgIpc) is 2.37. The first-order valence-electron chi connectivity index (χ1n) is 5.98. The molecule has 0 fully saturated rings. The number of hydrogen-bond donors (Lipinski definition) is 1. The highest BCUT2D eigenvalue weighted by atomic mass is 16.6. The highest BCUT2D eigenvalue weighted by molar-refractivity contribution is 5.45. The quantitative estimate of drug-likeness (QED) is 0.674. The molecule has 1 aromatic heterocycles. The Balaban J connectivity index is 2.11. The summed E-state index contributed by atoms with van der Waals surface area (Å²) in [5.74, 6) is 0.645. The minimum absolute atomic E-state index is 0.0430. The van der Waals surface area contributed by atoms with Crippen molar-refractivity contribution >= 4 is 11.5 Å². The Kier molecular flexibility index (Phi) is 3.75. The predicted octanol–water partition coefficient (Wildman–Crippen LogP) is 3.22. The molecule has 0 radical (unpaired) electrons. The van der Waals surface area contributed by atoms with E-state index < -0.39 is 4.92 Å². The fraction of sp³-hybridized carbons (Fsp3) is 0.214. The molecule has 0 unspecified atom stereocenters. The predicted molar refractivity (Wildman–Crippen MR) is 74.1 cm³/mol. The zero-order valence-corrected chi connectivity index (χ0v) is 10.9. The SMILES string of the molecule is Cc1ccccc1CNc1ccc([N+](=O)[O-])c(C)n1. The molecule has 1 aromatic carbocycles. The smallest absolute Gasteiger partial charge is 0.290 e. The number of aryl methyl sites for hydroxylation is 2. The minimum atomic E-state index is -0.423. The molecule has 0 bridgehead atoms. The Morgan fingerprint density at radius 2 is 1.95 bits per heavy atom. The first kappa shape index (κ1) is 13.0. The van der Waals surface area contributed by atoms with E-state index in [1.54, 1.807) is 13.0 Å². The molecular weight excluding hydrogens is 242 g/mol. The summed E-state index contributed by atoms with van der Waals surface area (Å²) in [6, 6.07) is 11.2. The van der Waals surface area contributed by atoms with Gasteiger partial charge in [-0.3, -0.25) is 10.1 Å². The molecule has 0 amide bonds. The van der Waals surface area contributed by atoms with E-state index in [2.05, 4.69) is 10.3 Å². The molecule has 2 rings (SSSR count). The molecule has 0 atom stereocenters. The van der Waals surface area contributed by atoms with Crippen LogP contribution in [0.5, 0.6) is 0 Å². The molecule has 19 heavy (non-hydrogen) atoms. The number of nitrogens with one attached hydrogen (secondary N) is 1. The van der Waals surface area contributed by atoms with Gasteiger partial charge in [0.1, 0.15) is 11.5 Å². The molecule has 0 saturated carbocycles. The summed E-state index contributed by atoms with van der Waals surface area (Å²) in [7, 11) is 0. The second-order valence-corrected chi connectivity index (χ2v) is 4.34. The van der Waals surface area contributed by atoms with Gasteiger partial charge in [0, 0.05) is 12.6 Å². The highest BCUT2D eigenvalue weighted by Crippen LogP contribution is 2.18. The van der Waals surface area contributed by atoms with Gasteiger partial charge in [-0.25, -0.2) is 4.98 Å². The number of benzene rings is 1. The second kappa shape index (κ2) is 5.48. The van der Waals surface area contributed by atoms with Crippen LogP contribution in [0, 0.1) is 24.0 Å².